The van der Waals surface area contributed by atoms with E-state index in [1.54, 1.807) is 48.5 Å². The Morgan fingerprint density at radius 1 is 1.06 bits per heavy atom. The Kier molecular flexibility index (Phi) is 6.54. The first-order valence-electron chi connectivity index (χ1n) is 10.5. The third-order valence-electron chi connectivity index (χ3n) is 5.19. The summed E-state index contributed by atoms with van der Waals surface area (Å²) in [4.78, 5) is 26.3. The first-order chi connectivity index (χ1) is 16.0. The van der Waals surface area contributed by atoms with E-state index in [1.807, 2.05) is 30.3 Å². The molecule has 3 aromatic carbocycles. The van der Waals surface area contributed by atoms with Crippen molar-refractivity contribution in [1.29, 1.82) is 5.41 Å². The lowest BCUT2D eigenvalue weighted by Crippen LogP contribution is -2.26. The molecule has 1 aliphatic rings. The van der Waals surface area contributed by atoms with Crippen LogP contribution in [0.5, 0.6) is 5.75 Å². The van der Waals surface area contributed by atoms with Crippen molar-refractivity contribution in [3.05, 3.63) is 95.6 Å². The lowest BCUT2D eigenvalue weighted by atomic mass is 10.2. The van der Waals surface area contributed by atoms with Crippen LogP contribution in [0.1, 0.15) is 21.5 Å². The second-order valence-corrected chi connectivity index (χ2v) is 7.58. The second kappa shape index (κ2) is 9.86. The Labute approximate surface area is 191 Å². The first-order valence-corrected chi connectivity index (χ1v) is 10.5. The summed E-state index contributed by atoms with van der Waals surface area (Å²) in [5.74, 6) is 0.284. The molecule has 8 nitrogen and oxygen atoms in total. The number of nitrogens with one attached hydrogen (secondary N) is 2. The Balaban J connectivity index is 1.31. The van der Waals surface area contributed by atoms with Crippen molar-refractivity contribution >= 4 is 23.5 Å². The number of benzene rings is 3. The second-order valence-electron chi connectivity index (χ2n) is 7.58. The molecule has 4 rings (SSSR count). The standard InChI is InChI=1S/C25H24N4O4/c26-23(27)18-9-11-20(12-10-18)29-15-22(33-25(29)31)16-32-21-8-4-7-19(13-21)24(30)28-14-17-5-2-1-3-6-17/h1-13,22H,14-16H2,(H3,26,27)(H,28,30). The molecule has 0 saturated carbocycles. The summed E-state index contributed by atoms with van der Waals surface area (Å²) < 4.78 is 11.2. The van der Waals surface area contributed by atoms with Crippen molar-refractivity contribution in [1.82, 2.24) is 5.32 Å². The number of nitrogens with zero attached hydrogens (tertiary/aromatic N) is 1. The summed E-state index contributed by atoms with van der Waals surface area (Å²) in [5.41, 5.74) is 8.21. The summed E-state index contributed by atoms with van der Waals surface area (Å²) in [6.07, 6.45) is -0.922. The Morgan fingerprint density at radius 2 is 1.82 bits per heavy atom. The van der Waals surface area contributed by atoms with Crippen LogP contribution >= 0.6 is 0 Å². The number of hydrogen-bond acceptors (Lipinski definition) is 5. The molecule has 0 radical (unpaired) electrons. The number of hydrogen-bond donors (Lipinski definition) is 3. The molecule has 0 bridgehead atoms. The van der Waals surface area contributed by atoms with E-state index in [4.69, 9.17) is 20.6 Å². The van der Waals surface area contributed by atoms with E-state index in [2.05, 4.69) is 5.32 Å². The minimum Gasteiger partial charge on any atom is -0.490 e. The first kappa shape index (κ1) is 21.9. The SMILES string of the molecule is N=C(N)c1ccc(N2CC(COc3cccc(C(=O)NCc4ccccc4)c3)OC2=O)cc1. The van der Waals surface area contributed by atoms with Crippen molar-refractivity contribution in [2.24, 2.45) is 5.73 Å². The third kappa shape index (κ3) is 5.48. The molecular formula is C25H24N4O4. The molecule has 1 saturated heterocycles. The maximum absolute atomic E-state index is 12.5. The number of amides is 2. The molecule has 1 heterocycles. The zero-order valence-electron chi connectivity index (χ0n) is 17.9. The lowest BCUT2D eigenvalue weighted by Gasteiger charge is -2.14. The number of carbonyl (C=O) groups is 2. The highest BCUT2D eigenvalue weighted by molar-refractivity contribution is 5.96. The minimum absolute atomic E-state index is 0.0344. The number of rotatable bonds is 8. The van der Waals surface area contributed by atoms with E-state index in [-0.39, 0.29) is 18.3 Å². The molecule has 3 aromatic rings. The van der Waals surface area contributed by atoms with E-state index in [1.165, 1.54) is 4.90 Å². The van der Waals surface area contributed by atoms with Crippen molar-refractivity contribution < 1.29 is 19.1 Å². The highest BCUT2D eigenvalue weighted by atomic mass is 16.6. The summed E-state index contributed by atoms with van der Waals surface area (Å²) in [6, 6.07) is 23.4. The van der Waals surface area contributed by atoms with Gasteiger partial charge in [-0.2, -0.15) is 0 Å². The largest absolute Gasteiger partial charge is 0.490 e. The topological polar surface area (TPSA) is 118 Å². The average Bonchev–Trinajstić information content (AvgIpc) is 3.22. The van der Waals surface area contributed by atoms with Gasteiger partial charge >= 0.3 is 6.09 Å². The van der Waals surface area contributed by atoms with Crippen LogP contribution in [-0.4, -0.2) is 37.1 Å². The molecular weight excluding hydrogens is 420 g/mol. The zero-order valence-corrected chi connectivity index (χ0v) is 17.9. The Hall–Kier alpha value is -4.33. The Bertz CT molecular complexity index is 1150. The molecule has 0 aliphatic carbocycles. The average molecular weight is 444 g/mol. The zero-order chi connectivity index (χ0) is 23.2. The number of amidine groups is 1. The minimum atomic E-state index is -0.465. The van der Waals surface area contributed by atoms with Crippen LogP contribution in [0.3, 0.4) is 0 Å². The van der Waals surface area contributed by atoms with Crippen LogP contribution in [-0.2, 0) is 11.3 Å². The fourth-order valence-corrected chi connectivity index (χ4v) is 3.44. The molecule has 0 spiro atoms. The van der Waals surface area contributed by atoms with Gasteiger partial charge in [-0.1, -0.05) is 36.4 Å². The van der Waals surface area contributed by atoms with Gasteiger partial charge in [0, 0.05) is 23.4 Å². The predicted octanol–water partition coefficient (Wildman–Crippen LogP) is 3.30. The fourth-order valence-electron chi connectivity index (χ4n) is 3.44. The molecule has 2 amide bonds. The van der Waals surface area contributed by atoms with E-state index in [9.17, 15) is 9.59 Å². The van der Waals surface area contributed by atoms with Crippen LogP contribution in [0.2, 0.25) is 0 Å². The molecule has 0 aromatic heterocycles. The van der Waals surface area contributed by atoms with Gasteiger partial charge in [-0.3, -0.25) is 15.1 Å². The van der Waals surface area contributed by atoms with Gasteiger partial charge in [-0.05, 0) is 48.0 Å². The molecule has 33 heavy (non-hydrogen) atoms. The van der Waals surface area contributed by atoms with E-state index < -0.39 is 12.2 Å². The van der Waals surface area contributed by atoms with Crippen LogP contribution in [0.4, 0.5) is 10.5 Å². The van der Waals surface area contributed by atoms with Gasteiger partial charge in [0.25, 0.3) is 5.91 Å². The van der Waals surface area contributed by atoms with Crippen molar-refractivity contribution in [3.63, 3.8) is 0 Å². The fraction of sp³-hybridized carbons (Fsp3) is 0.160. The van der Waals surface area contributed by atoms with E-state index in [0.29, 0.717) is 35.7 Å². The maximum atomic E-state index is 12.5. The van der Waals surface area contributed by atoms with Gasteiger partial charge in [0.1, 0.15) is 18.2 Å². The third-order valence-corrected chi connectivity index (χ3v) is 5.19. The molecule has 1 atom stereocenters. The number of anilines is 1. The van der Waals surface area contributed by atoms with Gasteiger partial charge in [-0.25, -0.2) is 4.79 Å². The maximum Gasteiger partial charge on any atom is 0.414 e. The quantitative estimate of drug-likeness (QED) is 0.364. The molecule has 1 unspecified atom stereocenters. The monoisotopic (exact) mass is 444 g/mol. The highest BCUT2D eigenvalue weighted by Crippen LogP contribution is 2.23. The van der Waals surface area contributed by atoms with Crippen molar-refractivity contribution in [2.45, 2.75) is 12.6 Å². The van der Waals surface area contributed by atoms with E-state index in [0.717, 1.165) is 5.56 Å². The molecule has 1 aliphatic heterocycles. The van der Waals surface area contributed by atoms with Crippen molar-refractivity contribution in [3.8, 4) is 5.75 Å². The highest BCUT2D eigenvalue weighted by Gasteiger charge is 2.32. The van der Waals surface area contributed by atoms with Crippen LogP contribution in [0.25, 0.3) is 0 Å². The summed E-state index contributed by atoms with van der Waals surface area (Å²) in [5, 5.41) is 10.3. The smallest absolute Gasteiger partial charge is 0.414 e. The van der Waals surface area contributed by atoms with Crippen LogP contribution < -0.4 is 20.7 Å². The summed E-state index contributed by atoms with van der Waals surface area (Å²) >= 11 is 0. The number of carbonyl (C=O) groups excluding carboxylic acids is 2. The lowest BCUT2D eigenvalue weighted by molar-refractivity contribution is 0.0950. The number of ether oxygens (including phenoxy) is 2. The van der Waals surface area contributed by atoms with Crippen LogP contribution in [0.15, 0.2) is 78.9 Å². The van der Waals surface area contributed by atoms with Gasteiger partial charge in [0.2, 0.25) is 0 Å². The van der Waals surface area contributed by atoms with Gasteiger partial charge < -0.3 is 20.5 Å². The van der Waals surface area contributed by atoms with Crippen molar-refractivity contribution in [2.75, 3.05) is 18.1 Å². The van der Waals surface area contributed by atoms with E-state index >= 15 is 0 Å². The molecule has 8 heteroatoms. The summed E-state index contributed by atoms with van der Waals surface area (Å²) in [6.45, 7) is 0.921. The number of cyclic esters (lactones) is 1. The van der Waals surface area contributed by atoms with Gasteiger partial charge in [0.15, 0.2) is 6.10 Å². The summed E-state index contributed by atoms with van der Waals surface area (Å²) in [7, 11) is 0. The van der Waals surface area contributed by atoms with Gasteiger partial charge in [-0.15, -0.1) is 0 Å². The van der Waals surface area contributed by atoms with Crippen LogP contribution in [0, 0.1) is 5.41 Å². The molecule has 4 N–H and O–H groups in total. The number of nitrogens with two attached hydrogens (primary N) is 1. The van der Waals surface area contributed by atoms with Gasteiger partial charge in [0.05, 0.1) is 6.54 Å². The predicted molar refractivity (Wildman–Crippen MR) is 125 cm³/mol. The molecule has 1 fully saturated rings. The normalized spacial score (nSPS) is 15.1. The Morgan fingerprint density at radius 3 is 2.55 bits per heavy atom. The molecule has 168 valence electrons. The number of nitrogen functional groups attached to an aromatic ring is 1.